The van der Waals surface area contributed by atoms with Crippen molar-refractivity contribution in [3.05, 3.63) is 40.8 Å². The fourth-order valence-electron chi connectivity index (χ4n) is 2.13. The molecular formula is C16H20N2O2S. The lowest BCUT2D eigenvalue weighted by molar-refractivity contribution is 0.0529. The molecule has 0 fully saturated rings. The summed E-state index contributed by atoms with van der Waals surface area (Å²) in [5.41, 5.74) is 6.18. The number of esters is 1. The fourth-order valence-corrected chi connectivity index (χ4v) is 3.00. The van der Waals surface area contributed by atoms with Crippen molar-refractivity contribution in [2.75, 3.05) is 12.0 Å². The van der Waals surface area contributed by atoms with Gasteiger partial charge in [0.15, 0.2) is 0 Å². The zero-order valence-corrected chi connectivity index (χ0v) is 13.3. The number of hydrogen-bond acceptors (Lipinski definition) is 5. The van der Waals surface area contributed by atoms with Crippen LogP contribution in [0.15, 0.2) is 29.6 Å². The highest BCUT2D eigenvalue weighted by molar-refractivity contribution is 7.15. The van der Waals surface area contributed by atoms with Crippen LogP contribution in [-0.2, 0) is 4.74 Å². The summed E-state index contributed by atoms with van der Waals surface area (Å²) in [6.45, 7) is 6.43. The first-order valence-electron chi connectivity index (χ1n) is 6.94. The molecule has 0 saturated heterocycles. The van der Waals surface area contributed by atoms with E-state index in [4.69, 9.17) is 10.6 Å². The number of rotatable bonds is 5. The zero-order chi connectivity index (χ0) is 15.4. The van der Waals surface area contributed by atoms with E-state index in [0.717, 1.165) is 11.1 Å². The van der Waals surface area contributed by atoms with Gasteiger partial charge in [0.2, 0.25) is 0 Å². The van der Waals surface area contributed by atoms with Crippen LogP contribution in [0.25, 0.3) is 11.1 Å². The highest BCUT2D eigenvalue weighted by atomic mass is 32.1. The molecule has 0 spiro atoms. The van der Waals surface area contributed by atoms with E-state index in [9.17, 15) is 4.79 Å². The number of nitrogen functional groups attached to an aromatic ring is 1. The summed E-state index contributed by atoms with van der Waals surface area (Å²) in [4.78, 5) is 12.1. The van der Waals surface area contributed by atoms with Crippen LogP contribution in [0.3, 0.4) is 0 Å². The average Bonchev–Trinajstić information content (AvgIpc) is 2.91. The van der Waals surface area contributed by atoms with Crippen molar-refractivity contribution in [1.29, 1.82) is 0 Å². The number of nitrogens with two attached hydrogens (primary N) is 1. The van der Waals surface area contributed by atoms with Gasteiger partial charge in [-0.2, -0.15) is 0 Å². The minimum absolute atomic E-state index is 0.338. The summed E-state index contributed by atoms with van der Waals surface area (Å²) < 4.78 is 5.13. The van der Waals surface area contributed by atoms with E-state index in [2.05, 4.69) is 31.4 Å². The molecule has 0 bridgehead atoms. The number of hydrazine groups is 1. The van der Waals surface area contributed by atoms with Gasteiger partial charge in [0.25, 0.3) is 0 Å². The van der Waals surface area contributed by atoms with Gasteiger partial charge in [0, 0.05) is 10.9 Å². The number of carbonyl (C=O) groups excluding carboxylic acids is 1. The molecule has 3 N–H and O–H groups in total. The van der Waals surface area contributed by atoms with Crippen LogP contribution < -0.4 is 11.3 Å². The van der Waals surface area contributed by atoms with E-state index < -0.39 is 0 Å². The SMILES string of the molecule is CCOC(=O)c1c(-c2ccc(C(C)C)cc2)csc1NN. The summed E-state index contributed by atoms with van der Waals surface area (Å²) in [5, 5.41) is 2.54. The van der Waals surface area contributed by atoms with E-state index in [1.165, 1.54) is 16.9 Å². The molecule has 0 aliphatic rings. The van der Waals surface area contributed by atoms with E-state index in [1.807, 2.05) is 17.5 Å². The van der Waals surface area contributed by atoms with Crippen LogP contribution in [0, 0.1) is 0 Å². The van der Waals surface area contributed by atoms with Crippen molar-refractivity contribution in [1.82, 2.24) is 0 Å². The molecule has 1 heterocycles. The van der Waals surface area contributed by atoms with Crippen molar-refractivity contribution >= 4 is 22.3 Å². The molecule has 21 heavy (non-hydrogen) atoms. The summed E-state index contributed by atoms with van der Waals surface area (Å²) in [5.74, 6) is 5.62. The molecule has 0 atom stereocenters. The standard InChI is InChI=1S/C16H20N2O2S/c1-4-20-16(19)14-13(9-21-15(14)18-17)12-7-5-11(6-8-12)10(2)3/h5-10,18H,4,17H2,1-3H3. The number of benzene rings is 1. The molecule has 0 unspecified atom stereocenters. The number of anilines is 1. The molecule has 4 nitrogen and oxygen atoms in total. The van der Waals surface area contributed by atoms with Gasteiger partial charge in [-0.25, -0.2) is 10.6 Å². The first-order chi connectivity index (χ1) is 10.1. The van der Waals surface area contributed by atoms with Crippen LogP contribution >= 0.6 is 11.3 Å². The molecule has 0 radical (unpaired) electrons. The predicted molar refractivity (Wildman–Crippen MR) is 87.6 cm³/mol. The molecule has 1 aromatic carbocycles. The molecule has 112 valence electrons. The second kappa shape index (κ2) is 6.74. The van der Waals surface area contributed by atoms with Crippen LogP contribution in [-0.4, -0.2) is 12.6 Å². The van der Waals surface area contributed by atoms with Gasteiger partial charge >= 0.3 is 5.97 Å². The van der Waals surface area contributed by atoms with Crippen LogP contribution in [0.1, 0.15) is 42.6 Å². The normalized spacial score (nSPS) is 10.7. The molecule has 0 amide bonds. The Morgan fingerprint density at radius 2 is 2.00 bits per heavy atom. The molecule has 1 aromatic heterocycles. The highest BCUT2D eigenvalue weighted by Crippen LogP contribution is 2.36. The van der Waals surface area contributed by atoms with E-state index >= 15 is 0 Å². The lowest BCUT2D eigenvalue weighted by atomic mass is 9.98. The number of ether oxygens (including phenoxy) is 1. The van der Waals surface area contributed by atoms with Gasteiger partial charge in [-0.15, -0.1) is 11.3 Å². The topological polar surface area (TPSA) is 64.3 Å². The second-order valence-corrected chi connectivity index (χ2v) is 5.87. The molecule has 0 aliphatic heterocycles. The Balaban J connectivity index is 2.43. The molecular weight excluding hydrogens is 284 g/mol. The monoisotopic (exact) mass is 304 g/mol. The lowest BCUT2D eigenvalue weighted by Gasteiger charge is -2.09. The number of nitrogens with one attached hydrogen (secondary N) is 1. The summed E-state index contributed by atoms with van der Waals surface area (Å²) in [7, 11) is 0. The van der Waals surface area contributed by atoms with Gasteiger partial charge in [0.05, 0.1) is 6.61 Å². The molecule has 2 aromatic rings. The van der Waals surface area contributed by atoms with Gasteiger partial charge in [0.1, 0.15) is 10.6 Å². The van der Waals surface area contributed by atoms with Crippen molar-refractivity contribution in [3.8, 4) is 11.1 Å². The number of thiophene rings is 1. The summed E-state index contributed by atoms with van der Waals surface area (Å²) in [6, 6.07) is 8.23. The maximum atomic E-state index is 12.1. The first kappa shape index (κ1) is 15.5. The maximum absolute atomic E-state index is 12.1. The molecule has 5 heteroatoms. The Bertz CT molecular complexity index is 618. The van der Waals surface area contributed by atoms with E-state index in [-0.39, 0.29) is 5.97 Å². The zero-order valence-electron chi connectivity index (χ0n) is 12.5. The highest BCUT2D eigenvalue weighted by Gasteiger charge is 2.21. The summed E-state index contributed by atoms with van der Waals surface area (Å²) in [6.07, 6.45) is 0. The van der Waals surface area contributed by atoms with Gasteiger partial charge in [-0.05, 0) is 24.0 Å². The average molecular weight is 304 g/mol. The third-order valence-electron chi connectivity index (χ3n) is 3.29. The van der Waals surface area contributed by atoms with Gasteiger partial charge in [-0.1, -0.05) is 38.1 Å². The summed E-state index contributed by atoms with van der Waals surface area (Å²) >= 11 is 1.40. The second-order valence-electron chi connectivity index (χ2n) is 5.00. The third kappa shape index (κ3) is 3.25. The lowest BCUT2D eigenvalue weighted by Crippen LogP contribution is -2.12. The van der Waals surface area contributed by atoms with Gasteiger partial charge in [-0.3, -0.25) is 0 Å². The predicted octanol–water partition coefficient (Wildman–Crippen LogP) is 4.00. The Morgan fingerprint density at radius 3 is 2.52 bits per heavy atom. The van der Waals surface area contributed by atoms with Crippen LogP contribution in [0.5, 0.6) is 0 Å². The van der Waals surface area contributed by atoms with Gasteiger partial charge < -0.3 is 10.2 Å². The van der Waals surface area contributed by atoms with E-state index in [0.29, 0.717) is 23.1 Å². The molecule has 2 rings (SSSR count). The molecule has 0 aliphatic carbocycles. The number of carbonyl (C=O) groups is 1. The van der Waals surface area contributed by atoms with Crippen molar-refractivity contribution in [3.63, 3.8) is 0 Å². The Kier molecular flexibility index (Phi) is 4.98. The Hall–Kier alpha value is -1.85. The van der Waals surface area contributed by atoms with Crippen LogP contribution in [0.4, 0.5) is 5.00 Å². The third-order valence-corrected chi connectivity index (χ3v) is 4.20. The molecule has 0 saturated carbocycles. The number of hydrogen-bond donors (Lipinski definition) is 2. The maximum Gasteiger partial charge on any atom is 0.341 e. The minimum Gasteiger partial charge on any atom is -0.462 e. The Morgan fingerprint density at radius 1 is 1.33 bits per heavy atom. The van der Waals surface area contributed by atoms with Crippen molar-refractivity contribution in [2.45, 2.75) is 26.7 Å². The fraction of sp³-hybridized carbons (Fsp3) is 0.312. The van der Waals surface area contributed by atoms with Crippen LogP contribution in [0.2, 0.25) is 0 Å². The van der Waals surface area contributed by atoms with Crippen molar-refractivity contribution < 1.29 is 9.53 Å². The smallest absolute Gasteiger partial charge is 0.341 e. The van der Waals surface area contributed by atoms with Crippen molar-refractivity contribution in [2.24, 2.45) is 5.84 Å². The quantitative estimate of drug-likeness (QED) is 0.498. The largest absolute Gasteiger partial charge is 0.462 e. The first-order valence-corrected chi connectivity index (χ1v) is 7.82. The Labute approximate surface area is 128 Å². The minimum atomic E-state index is -0.352. The van der Waals surface area contributed by atoms with E-state index in [1.54, 1.807) is 6.92 Å².